The molecule has 0 amide bonds. The van der Waals surface area contributed by atoms with Gasteiger partial charge >= 0.3 is 0 Å². The van der Waals surface area contributed by atoms with Crippen LogP contribution in [0.4, 0.5) is 0 Å². The second-order valence-corrected chi connectivity index (χ2v) is 10.2. The van der Waals surface area contributed by atoms with Crippen LogP contribution < -0.4 is 0 Å². The molecule has 0 unspecified atom stereocenters. The van der Waals surface area contributed by atoms with E-state index in [9.17, 15) is 0 Å². The lowest BCUT2D eigenvalue weighted by atomic mass is 9.98. The molecular formula is C37H24N4. The van der Waals surface area contributed by atoms with Crippen molar-refractivity contribution in [3.63, 3.8) is 0 Å². The number of benzene rings is 4. The third-order valence-electron chi connectivity index (χ3n) is 7.75. The van der Waals surface area contributed by atoms with E-state index in [-0.39, 0.29) is 0 Å². The molecule has 4 heterocycles. The zero-order chi connectivity index (χ0) is 27.2. The molecule has 0 saturated heterocycles. The van der Waals surface area contributed by atoms with Gasteiger partial charge in [0.2, 0.25) is 0 Å². The molecule has 0 fully saturated rings. The topological polar surface area (TPSA) is 43.1 Å². The van der Waals surface area contributed by atoms with Crippen molar-refractivity contribution in [2.45, 2.75) is 0 Å². The first-order valence-corrected chi connectivity index (χ1v) is 13.7. The second-order valence-electron chi connectivity index (χ2n) is 10.2. The first-order chi connectivity index (χ1) is 20.3. The molecule has 0 radical (unpaired) electrons. The third kappa shape index (κ3) is 3.97. The summed E-state index contributed by atoms with van der Waals surface area (Å²) in [5.41, 5.74) is 13.1. The Kier molecular flexibility index (Phi) is 5.42. The number of aromatic nitrogens is 4. The Bertz CT molecular complexity index is 2180. The summed E-state index contributed by atoms with van der Waals surface area (Å²) in [4.78, 5) is 13.9. The van der Waals surface area contributed by atoms with Gasteiger partial charge in [-0.05, 0) is 59.2 Å². The van der Waals surface area contributed by atoms with Gasteiger partial charge in [0, 0.05) is 34.5 Å². The smallest absolute Gasteiger partial charge is 0.0871 e. The van der Waals surface area contributed by atoms with Gasteiger partial charge in [0.1, 0.15) is 0 Å². The predicted octanol–water partition coefficient (Wildman–Crippen LogP) is 9.10. The summed E-state index contributed by atoms with van der Waals surface area (Å²) in [6.45, 7) is 0. The van der Waals surface area contributed by atoms with Gasteiger partial charge in [0.05, 0.1) is 39.7 Å². The molecule has 8 aromatic rings. The van der Waals surface area contributed by atoms with Crippen molar-refractivity contribution in [3.8, 4) is 44.8 Å². The number of hydrogen-bond donors (Lipinski definition) is 0. The molecule has 0 atom stereocenters. The fourth-order valence-electron chi connectivity index (χ4n) is 5.77. The van der Waals surface area contributed by atoms with Crippen molar-refractivity contribution in [3.05, 3.63) is 146 Å². The molecule has 0 aliphatic carbocycles. The van der Waals surface area contributed by atoms with Crippen molar-refractivity contribution in [1.82, 2.24) is 19.4 Å². The number of para-hydroxylation sites is 3. The van der Waals surface area contributed by atoms with Crippen LogP contribution in [-0.4, -0.2) is 19.4 Å². The first kappa shape index (κ1) is 23.3. The quantitative estimate of drug-likeness (QED) is 0.231. The predicted molar refractivity (Wildman–Crippen MR) is 168 cm³/mol. The molecular weight excluding hydrogens is 500 g/mol. The number of hydrogen-bond acceptors (Lipinski definition) is 3. The van der Waals surface area contributed by atoms with Crippen molar-refractivity contribution in [2.75, 3.05) is 0 Å². The number of nitrogens with zero attached hydrogens (tertiary/aromatic N) is 4. The minimum absolute atomic E-state index is 0.921. The van der Waals surface area contributed by atoms with Crippen LogP contribution in [0.2, 0.25) is 0 Å². The Hall–Kier alpha value is -5.61. The number of rotatable bonds is 4. The highest BCUT2D eigenvalue weighted by molar-refractivity contribution is 6.07. The van der Waals surface area contributed by atoms with Crippen LogP contribution in [0.1, 0.15) is 0 Å². The molecule has 4 nitrogen and oxygen atoms in total. The van der Waals surface area contributed by atoms with E-state index in [1.165, 1.54) is 33.2 Å². The number of fused-ring (bicyclic) bond motifs is 5. The van der Waals surface area contributed by atoms with Gasteiger partial charge in [-0.3, -0.25) is 9.97 Å². The van der Waals surface area contributed by atoms with Gasteiger partial charge in [-0.2, -0.15) is 0 Å². The molecule has 0 bridgehead atoms. The van der Waals surface area contributed by atoms with Gasteiger partial charge < -0.3 is 4.40 Å². The highest BCUT2D eigenvalue weighted by Gasteiger charge is 2.16. The minimum Gasteiger partial charge on any atom is -0.306 e. The van der Waals surface area contributed by atoms with E-state index in [2.05, 4.69) is 100 Å². The van der Waals surface area contributed by atoms with Gasteiger partial charge in [-0.15, -0.1) is 0 Å². The van der Waals surface area contributed by atoms with E-state index in [1.54, 1.807) is 6.20 Å². The average molecular weight is 525 g/mol. The molecule has 0 N–H and O–H groups in total. The van der Waals surface area contributed by atoms with Crippen LogP contribution in [0.15, 0.2) is 146 Å². The largest absolute Gasteiger partial charge is 0.306 e. The van der Waals surface area contributed by atoms with Crippen LogP contribution in [0.5, 0.6) is 0 Å². The maximum absolute atomic E-state index is 4.88. The monoisotopic (exact) mass is 524 g/mol. The summed E-state index contributed by atoms with van der Waals surface area (Å²) in [7, 11) is 0. The lowest BCUT2D eigenvalue weighted by molar-refractivity contribution is 1.27. The lowest BCUT2D eigenvalue weighted by Crippen LogP contribution is -1.90. The average Bonchev–Trinajstić information content (AvgIpc) is 3.40. The zero-order valence-corrected chi connectivity index (χ0v) is 22.1. The molecule has 8 rings (SSSR count). The highest BCUT2D eigenvalue weighted by Crippen LogP contribution is 2.37. The third-order valence-corrected chi connectivity index (χ3v) is 7.75. The SMILES string of the molecule is c1cncc(-c2cccc(-c3ccc(-c4ccc(-c5c6ccccc6n6c5cnc5ccccc56)cc4)cc3)n2)c1. The molecule has 192 valence electrons. The maximum Gasteiger partial charge on any atom is 0.0871 e. The van der Waals surface area contributed by atoms with Crippen LogP contribution in [0.25, 0.3) is 72.2 Å². The Balaban J connectivity index is 1.15. The van der Waals surface area contributed by atoms with Crippen LogP contribution in [0, 0.1) is 0 Å². The van der Waals surface area contributed by atoms with E-state index < -0.39 is 0 Å². The molecule has 41 heavy (non-hydrogen) atoms. The van der Waals surface area contributed by atoms with E-state index in [0.29, 0.717) is 0 Å². The standard InChI is InChI=1S/C37H24N4/c1-3-12-34-30(8-1)37(36-24-39-33-9-2-4-13-35(33)41(34)36)28-20-16-26(17-21-28)25-14-18-27(19-15-25)31-10-5-11-32(40-31)29-7-6-22-38-23-29/h1-24H. The lowest BCUT2D eigenvalue weighted by Gasteiger charge is -2.08. The van der Waals surface area contributed by atoms with E-state index >= 15 is 0 Å². The molecule has 4 heteroatoms. The Morgan fingerprint density at radius 2 is 1.10 bits per heavy atom. The van der Waals surface area contributed by atoms with Crippen LogP contribution in [0.3, 0.4) is 0 Å². The zero-order valence-electron chi connectivity index (χ0n) is 22.1. The van der Waals surface area contributed by atoms with E-state index in [0.717, 1.165) is 39.1 Å². The van der Waals surface area contributed by atoms with Crippen molar-refractivity contribution < 1.29 is 0 Å². The van der Waals surface area contributed by atoms with Gasteiger partial charge in [-0.1, -0.05) is 84.9 Å². The van der Waals surface area contributed by atoms with Crippen LogP contribution in [-0.2, 0) is 0 Å². The van der Waals surface area contributed by atoms with E-state index in [1.807, 2.05) is 48.8 Å². The van der Waals surface area contributed by atoms with Gasteiger partial charge in [0.15, 0.2) is 0 Å². The van der Waals surface area contributed by atoms with Crippen molar-refractivity contribution in [2.24, 2.45) is 0 Å². The fraction of sp³-hybridized carbons (Fsp3) is 0. The van der Waals surface area contributed by atoms with Crippen molar-refractivity contribution >= 4 is 27.5 Å². The maximum atomic E-state index is 4.88. The molecule has 4 aromatic heterocycles. The molecule has 0 saturated carbocycles. The summed E-state index contributed by atoms with van der Waals surface area (Å²) in [6, 6.07) is 44.5. The normalized spacial score (nSPS) is 11.4. The number of pyridine rings is 2. The summed E-state index contributed by atoms with van der Waals surface area (Å²) < 4.78 is 2.33. The van der Waals surface area contributed by atoms with E-state index in [4.69, 9.17) is 9.97 Å². The molecule has 4 aromatic carbocycles. The second kappa shape index (κ2) is 9.54. The highest BCUT2D eigenvalue weighted by atomic mass is 14.9. The summed E-state index contributed by atoms with van der Waals surface area (Å²) in [6.07, 6.45) is 5.62. The van der Waals surface area contributed by atoms with Gasteiger partial charge in [-0.25, -0.2) is 4.98 Å². The minimum atomic E-state index is 0.921. The Morgan fingerprint density at radius 1 is 0.439 bits per heavy atom. The fourth-order valence-corrected chi connectivity index (χ4v) is 5.77. The Labute approximate surface area is 237 Å². The van der Waals surface area contributed by atoms with Crippen molar-refractivity contribution in [1.29, 1.82) is 0 Å². The summed E-state index contributed by atoms with van der Waals surface area (Å²) >= 11 is 0. The summed E-state index contributed by atoms with van der Waals surface area (Å²) in [5.74, 6) is 0. The van der Waals surface area contributed by atoms with Crippen LogP contribution >= 0.6 is 0 Å². The van der Waals surface area contributed by atoms with Gasteiger partial charge in [0.25, 0.3) is 0 Å². The molecule has 0 aliphatic rings. The Morgan fingerprint density at radius 3 is 1.85 bits per heavy atom. The summed E-state index contributed by atoms with van der Waals surface area (Å²) in [5, 5.41) is 1.23. The molecule has 0 aliphatic heterocycles. The first-order valence-electron chi connectivity index (χ1n) is 13.7. The molecule has 0 spiro atoms.